The molecule has 1 aromatic rings. The predicted molar refractivity (Wildman–Crippen MR) is 80.0 cm³/mol. The second-order valence-electron chi connectivity index (χ2n) is 6.14. The van der Waals surface area contributed by atoms with Crippen LogP contribution in [-0.2, 0) is 6.42 Å². The van der Waals surface area contributed by atoms with Gasteiger partial charge >= 0.3 is 0 Å². The Hall–Kier alpha value is -0.930. The topological polar surface area (TPSA) is 42.1 Å². The maximum atomic E-state index is 6.10. The summed E-state index contributed by atoms with van der Waals surface area (Å²) in [6.45, 7) is 4.22. The summed E-state index contributed by atoms with van der Waals surface area (Å²) in [5.41, 5.74) is 7.70. The van der Waals surface area contributed by atoms with Gasteiger partial charge in [0.2, 0.25) is 0 Å². The molecule has 106 valence electrons. The van der Waals surface area contributed by atoms with E-state index in [1.165, 1.54) is 31.2 Å². The first-order valence-corrected chi connectivity index (χ1v) is 7.46. The van der Waals surface area contributed by atoms with Gasteiger partial charge in [-0.2, -0.15) is 0 Å². The molecule has 1 heterocycles. The van der Waals surface area contributed by atoms with E-state index < -0.39 is 0 Å². The first-order valence-electron chi connectivity index (χ1n) is 7.46. The molecule has 1 aromatic heterocycles. The molecular formula is C16H27N3. The van der Waals surface area contributed by atoms with Gasteiger partial charge in [0, 0.05) is 31.0 Å². The Bertz CT molecular complexity index is 369. The summed E-state index contributed by atoms with van der Waals surface area (Å²) < 4.78 is 0. The fourth-order valence-corrected chi connectivity index (χ4v) is 3.12. The molecule has 0 saturated heterocycles. The molecule has 0 spiro atoms. The summed E-state index contributed by atoms with van der Waals surface area (Å²) in [5, 5.41) is 0. The third-order valence-corrected chi connectivity index (χ3v) is 4.88. The van der Waals surface area contributed by atoms with Crippen LogP contribution in [0.25, 0.3) is 0 Å². The third-order valence-electron chi connectivity index (χ3n) is 4.88. The van der Waals surface area contributed by atoms with Crippen molar-refractivity contribution < 1.29 is 0 Å². The molecule has 0 atom stereocenters. The van der Waals surface area contributed by atoms with Crippen LogP contribution in [0, 0.1) is 5.92 Å². The van der Waals surface area contributed by atoms with Gasteiger partial charge < -0.3 is 5.73 Å². The summed E-state index contributed by atoms with van der Waals surface area (Å²) in [6, 6.07) is 4.21. The smallest absolute Gasteiger partial charge is 0.0329 e. The number of hydrogen-bond donors (Lipinski definition) is 1. The zero-order valence-corrected chi connectivity index (χ0v) is 12.3. The van der Waals surface area contributed by atoms with E-state index in [9.17, 15) is 0 Å². The van der Waals surface area contributed by atoms with Gasteiger partial charge in [-0.3, -0.25) is 9.88 Å². The van der Waals surface area contributed by atoms with E-state index >= 15 is 0 Å². The lowest BCUT2D eigenvalue weighted by Crippen LogP contribution is -2.54. The Balaban J connectivity index is 1.92. The monoisotopic (exact) mass is 261 g/mol. The van der Waals surface area contributed by atoms with Crippen molar-refractivity contribution in [2.75, 3.05) is 20.1 Å². The predicted octanol–water partition coefficient (Wildman–Crippen LogP) is 2.46. The summed E-state index contributed by atoms with van der Waals surface area (Å²) in [5.74, 6) is 0.869. The number of nitrogens with two attached hydrogens (primary N) is 1. The zero-order chi connectivity index (χ0) is 13.7. The molecule has 1 fully saturated rings. The molecule has 19 heavy (non-hydrogen) atoms. The van der Waals surface area contributed by atoms with Crippen LogP contribution in [0.4, 0.5) is 0 Å². The van der Waals surface area contributed by atoms with Crippen molar-refractivity contribution in [1.82, 2.24) is 9.88 Å². The summed E-state index contributed by atoms with van der Waals surface area (Å²) >= 11 is 0. The highest BCUT2D eigenvalue weighted by atomic mass is 15.2. The van der Waals surface area contributed by atoms with Crippen molar-refractivity contribution in [3.8, 4) is 0 Å². The molecule has 0 unspecified atom stereocenters. The first kappa shape index (κ1) is 14.5. The van der Waals surface area contributed by atoms with E-state index in [4.69, 9.17) is 5.73 Å². The van der Waals surface area contributed by atoms with Crippen LogP contribution in [0.3, 0.4) is 0 Å². The molecular weight excluding hydrogens is 234 g/mol. The van der Waals surface area contributed by atoms with Gasteiger partial charge in [0.05, 0.1) is 0 Å². The molecule has 0 bridgehead atoms. The molecule has 2 N–H and O–H groups in total. The van der Waals surface area contributed by atoms with Crippen molar-refractivity contribution in [2.24, 2.45) is 11.7 Å². The Morgan fingerprint density at radius 3 is 2.53 bits per heavy atom. The standard InChI is InChI=1S/C16H27N3/c1-14-3-8-16(13-17,9-4-14)19(2)12-7-15-5-10-18-11-6-15/h5-6,10-11,14H,3-4,7-9,12-13,17H2,1-2H3. The maximum Gasteiger partial charge on any atom is 0.0329 e. The van der Waals surface area contributed by atoms with Gasteiger partial charge in [-0.25, -0.2) is 0 Å². The van der Waals surface area contributed by atoms with Crippen molar-refractivity contribution in [3.63, 3.8) is 0 Å². The van der Waals surface area contributed by atoms with Crippen molar-refractivity contribution in [1.29, 1.82) is 0 Å². The average molecular weight is 261 g/mol. The molecule has 1 aliphatic carbocycles. The lowest BCUT2D eigenvalue weighted by Gasteiger charge is -2.45. The average Bonchev–Trinajstić information content (AvgIpc) is 2.47. The molecule has 3 heteroatoms. The summed E-state index contributed by atoms with van der Waals surface area (Å²) in [7, 11) is 2.24. The molecule has 0 radical (unpaired) electrons. The number of rotatable bonds is 5. The molecule has 2 rings (SSSR count). The number of likely N-dealkylation sites (N-methyl/N-ethyl adjacent to an activating group) is 1. The van der Waals surface area contributed by atoms with Crippen LogP contribution in [0.1, 0.15) is 38.2 Å². The second kappa shape index (κ2) is 6.49. The fraction of sp³-hybridized carbons (Fsp3) is 0.688. The Morgan fingerprint density at radius 2 is 1.95 bits per heavy atom. The second-order valence-corrected chi connectivity index (χ2v) is 6.14. The number of aromatic nitrogens is 1. The Labute approximate surface area is 117 Å². The highest BCUT2D eigenvalue weighted by molar-refractivity contribution is 5.10. The molecule has 0 amide bonds. The number of pyridine rings is 1. The van der Waals surface area contributed by atoms with E-state index in [0.717, 1.165) is 25.4 Å². The minimum atomic E-state index is 0.236. The summed E-state index contributed by atoms with van der Waals surface area (Å²) in [6.07, 6.45) is 9.95. The lowest BCUT2D eigenvalue weighted by atomic mass is 9.76. The third kappa shape index (κ3) is 3.54. The minimum Gasteiger partial charge on any atom is -0.329 e. The van der Waals surface area contributed by atoms with Gasteiger partial charge in [0.15, 0.2) is 0 Å². The molecule has 1 aliphatic rings. The largest absolute Gasteiger partial charge is 0.329 e. The van der Waals surface area contributed by atoms with E-state index in [1.54, 1.807) is 0 Å². The van der Waals surface area contributed by atoms with Crippen LogP contribution in [-0.4, -0.2) is 35.6 Å². The normalized spacial score (nSPS) is 27.7. The Morgan fingerprint density at radius 1 is 1.32 bits per heavy atom. The quantitative estimate of drug-likeness (QED) is 0.885. The van der Waals surface area contributed by atoms with Crippen LogP contribution in [0.5, 0.6) is 0 Å². The summed E-state index contributed by atoms with van der Waals surface area (Å²) in [4.78, 5) is 6.57. The van der Waals surface area contributed by atoms with Crippen molar-refractivity contribution >= 4 is 0 Å². The minimum absolute atomic E-state index is 0.236. The maximum absolute atomic E-state index is 6.10. The van der Waals surface area contributed by atoms with Crippen LogP contribution < -0.4 is 5.73 Å². The van der Waals surface area contributed by atoms with Crippen LogP contribution >= 0.6 is 0 Å². The van der Waals surface area contributed by atoms with E-state index in [2.05, 4.69) is 36.0 Å². The zero-order valence-electron chi connectivity index (χ0n) is 12.3. The van der Waals surface area contributed by atoms with E-state index in [1.807, 2.05) is 12.4 Å². The first-order chi connectivity index (χ1) is 9.16. The van der Waals surface area contributed by atoms with E-state index in [-0.39, 0.29) is 5.54 Å². The fourth-order valence-electron chi connectivity index (χ4n) is 3.12. The van der Waals surface area contributed by atoms with Crippen molar-refractivity contribution in [2.45, 2.75) is 44.6 Å². The molecule has 0 aliphatic heterocycles. The molecule has 0 aromatic carbocycles. The SMILES string of the molecule is CC1CCC(CN)(N(C)CCc2ccncc2)CC1. The van der Waals surface area contributed by atoms with Crippen LogP contribution in [0.2, 0.25) is 0 Å². The van der Waals surface area contributed by atoms with Crippen molar-refractivity contribution in [3.05, 3.63) is 30.1 Å². The van der Waals surface area contributed by atoms with Gasteiger partial charge in [0.25, 0.3) is 0 Å². The van der Waals surface area contributed by atoms with Crippen LogP contribution in [0.15, 0.2) is 24.5 Å². The number of hydrogen-bond acceptors (Lipinski definition) is 3. The molecule has 1 saturated carbocycles. The van der Waals surface area contributed by atoms with Gasteiger partial charge in [-0.1, -0.05) is 6.92 Å². The van der Waals surface area contributed by atoms with E-state index in [0.29, 0.717) is 0 Å². The molecule has 3 nitrogen and oxygen atoms in total. The highest BCUT2D eigenvalue weighted by Crippen LogP contribution is 2.35. The number of nitrogens with zero attached hydrogens (tertiary/aromatic N) is 2. The highest BCUT2D eigenvalue weighted by Gasteiger charge is 2.36. The van der Waals surface area contributed by atoms with Gasteiger partial charge in [-0.15, -0.1) is 0 Å². The van der Waals surface area contributed by atoms with Gasteiger partial charge in [-0.05, 0) is 62.8 Å². The lowest BCUT2D eigenvalue weighted by molar-refractivity contribution is 0.0689. The Kier molecular flexibility index (Phi) is 4.94. The van der Waals surface area contributed by atoms with Gasteiger partial charge in [0.1, 0.15) is 0 Å².